The molecule has 5 aromatic rings. The first-order valence-corrected chi connectivity index (χ1v) is 13.3. The summed E-state index contributed by atoms with van der Waals surface area (Å²) in [5, 5.41) is 21.0. The molecule has 1 aliphatic rings. The van der Waals surface area contributed by atoms with Crippen molar-refractivity contribution in [1.29, 1.82) is 0 Å². The minimum Gasteiger partial charge on any atom is -0.386 e. The molecule has 196 valence electrons. The number of aryl methyl sites for hydroxylation is 2. The number of nitrogens with zero attached hydrogens (tertiary/aromatic N) is 6. The first-order chi connectivity index (χ1) is 18.2. The number of rotatable bonds is 5. The predicted molar refractivity (Wildman–Crippen MR) is 148 cm³/mol. The Kier molecular flexibility index (Phi) is 6.21. The maximum atomic E-state index is 10.9. The molecule has 8 nitrogen and oxygen atoms in total. The van der Waals surface area contributed by atoms with Crippen molar-refractivity contribution in [3.63, 3.8) is 0 Å². The largest absolute Gasteiger partial charge is 0.386 e. The fourth-order valence-electron chi connectivity index (χ4n) is 5.77. The fraction of sp³-hybridized carbons (Fsp3) is 0.379. The third-order valence-electron chi connectivity index (χ3n) is 7.67. The molecule has 0 amide bonds. The van der Waals surface area contributed by atoms with Crippen molar-refractivity contribution in [3.8, 4) is 11.3 Å². The minimum absolute atomic E-state index is 0.146. The zero-order valence-electron chi connectivity index (χ0n) is 22.0. The Balaban J connectivity index is 1.71. The number of pyridine rings is 2. The molecule has 5 heterocycles. The highest BCUT2D eigenvalue weighted by atomic mass is 35.5. The van der Waals surface area contributed by atoms with Gasteiger partial charge in [0, 0.05) is 43.6 Å². The van der Waals surface area contributed by atoms with E-state index in [0.29, 0.717) is 18.2 Å². The molecule has 1 saturated heterocycles. The SMILES string of the molecule is Cc1nnn(C)c1-c1cnc2c3ccc(C(C)(C)O)cc3n(C(c3ncccc3Cl)C3CCOCC3)c2c1. The summed E-state index contributed by atoms with van der Waals surface area (Å²) in [6.07, 6.45) is 5.47. The molecule has 1 N–H and O–H groups in total. The molecule has 38 heavy (non-hydrogen) atoms. The van der Waals surface area contributed by atoms with Gasteiger partial charge in [0.2, 0.25) is 0 Å². The van der Waals surface area contributed by atoms with E-state index in [4.69, 9.17) is 26.3 Å². The zero-order valence-corrected chi connectivity index (χ0v) is 22.8. The maximum absolute atomic E-state index is 10.9. The van der Waals surface area contributed by atoms with Crippen LogP contribution in [0.25, 0.3) is 33.2 Å². The Labute approximate surface area is 226 Å². The van der Waals surface area contributed by atoms with E-state index in [2.05, 4.69) is 33.1 Å². The molecule has 6 rings (SSSR count). The van der Waals surface area contributed by atoms with Crippen molar-refractivity contribution < 1.29 is 9.84 Å². The van der Waals surface area contributed by atoms with E-state index in [1.165, 1.54) is 0 Å². The highest BCUT2D eigenvalue weighted by Gasteiger charge is 2.33. The second kappa shape index (κ2) is 9.45. The highest BCUT2D eigenvalue weighted by Crippen LogP contribution is 2.43. The molecule has 9 heteroatoms. The Hall–Kier alpha value is -3.33. The molecule has 0 saturated carbocycles. The van der Waals surface area contributed by atoms with Crippen molar-refractivity contribution in [2.75, 3.05) is 13.2 Å². The average Bonchev–Trinajstić information content (AvgIpc) is 3.41. The monoisotopic (exact) mass is 530 g/mol. The zero-order chi connectivity index (χ0) is 26.6. The van der Waals surface area contributed by atoms with E-state index in [1.807, 2.05) is 38.4 Å². The first kappa shape index (κ1) is 25.0. The maximum Gasteiger partial charge on any atom is 0.0960 e. The number of aliphatic hydroxyl groups is 1. The molecular weight excluding hydrogens is 500 g/mol. The normalized spacial score (nSPS) is 15.9. The molecule has 1 aromatic carbocycles. The Morgan fingerprint density at radius 3 is 2.58 bits per heavy atom. The van der Waals surface area contributed by atoms with E-state index in [9.17, 15) is 5.11 Å². The van der Waals surface area contributed by atoms with E-state index in [-0.39, 0.29) is 12.0 Å². The summed E-state index contributed by atoms with van der Waals surface area (Å²) in [6, 6.07) is 11.9. The van der Waals surface area contributed by atoms with Crippen molar-refractivity contribution in [2.24, 2.45) is 13.0 Å². The molecule has 1 fully saturated rings. The van der Waals surface area contributed by atoms with Crippen LogP contribution in [0.5, 0.6) is 0 Å². The lowest BCUT2D eigenvalue weighted by Crippen LogP contribution is -2.28. The van der Waals surface area contributed by atoms with Crippen LogP contribution in [0, 0.1) is 12.8 Å². The summed E-state index contributed by atoms with van der Waals surface area (Å²) in [5.74, 6) is 0.254. The van der Waals surface area contributed by atoms with E-state index < -0.39 is 5.60 Å². The predicted octanol–water partition coefficient (Wildman–Crippen LogP) is 5.59. The standard InChI is InChI=1S/C29H31ClN6O2/c1-17-27(35(4)34-33-17)19-14-24-25(32-16-19)21-8-7-20(29(2,3)37)15-23(21)36(24)28(18-9-12-38-13-10-18)26-22(30)6-5-11-31-26/h5-8,11,14-16,18,28,37H,9-10,12-13H2,1-4H3. The van der Waals surface area contributed by atoms with Crippen molar-refractivity contribution >= 4 is 33.5 Å². The van der Waals surface area contributed by atoms with Gasteiger partial charge in [0.05, 0.1) is 50.3 Å². The summed E-state index contributed by atoms with van der Waals surface area (Å²) in [6.45, 7) is 6.96. The number of fused-ring (bicyclic) bond motifs is 3. The lowest BCUT2D eigenvalue weighted by molar-refractivity contribution is 0.0547. The number of ether oxygens (including phenoxy) is 1. The molecule has 0 bridgehead atoms. The van der Waals surface area contributed by atoms with Gasteiger partial charge in [-0.3, -0.25) is 9.97 Å². The van der Waals surface area contributed by atoms with E-state index in [1.54, 1.807) is 24.7 Å². The summed E-state index contributed by atoms with van der Waals surface area (Å²) in [5.41, 5.74) is 6.22. The van der Waals surface area contributed by atoms with Gasteiger partial charge in [0.25, 0.3) is 0 Å². The van der Waals surface area contributed by atoms with Crippen molar-refractivity contribution in [3.05, 3.63) is 70.8 Å². The van der Waals surface area contributed by atoms with E-state index in [0.717, 1.165) is 63.0 Å². The molecule has 1 atom stereocenters. The molecule has 0 radical (unpaired) electrons. The van der Waals surface area contributed by atoms with Gasteiger partial charge in [-0.2, -0.15) is 0 Å². The summed E-state index contributed by atoms with van der Waals surface area (Å²) in [4.78, 5) is 9.78. The van der Waals surface area contributed by atoms with Crippen LogP contribution in [-0.2, 0) is 17.4 Å². The second-order valence-corrected chi connectivity index (χ2v) is 11.1. The van der Waals surface area contributed by atoms with Crippen molar-refractivity contribution in [2.45, 2.75) is 45.3 Å². The van der Waals surface area contributed by atoms with Gasteiger partial charge >= 0.3 is 0 Å². The van der Waals surface area contributed by atoms with Gasteiger partial charge in [-0.05, 0) is 69.4 Å². The molecule has 4 aromatic heterocycles. The van der Waals surface area contributed by atoms with Gasteiger partial charge in [0.15, 0.2) is 0 Å². The lowest BCUT2D eigenvalue weighted by Gasteiger charge is -2.33. The molecule has 0 spiro atoms. The number of benzene rings is 1. The van der Waals surface area contributed by atoms with Gasteiger partial charge in [0.1, 0.15) is 0 Å². The van der Waals surface area contributed by atoms with Crippen LogP contribution >= 0.6 is 11.6 Å². The second-order valence-electron chi connectivity index (χ2n) is 10.7. The Morgan fingerprint density at radius 2 is 1.89 bits per heavy atom. The van der Waals surface area contributed by atoms with Crippen LogP contribution < -0.4 is 0 Å². The molecule has 1 aliphatic heterocycles. The molecule has 0 aliphatic carbocycles. The Morgan fingerprint density at radius 1 is 1.11 bits per heavy atom. The van der Waals surface area contributed by atoms with Gasteiger partial charge in [-0.25, -0.2) is 4.68 Å². The number of hydrogen-bond donors (Lipinski definition) is 1. The van der Waals surface area contributed by atoms with Gasteiger partial charge < -0.3 is 14.4 Å². The topological polar surface area (TPSA) is 90.9 Å². The van der Waals surface area contributed by atoms with Crippen LogP contribution in [-0.4, -0.2) is 47.8 Å². The minimum atomic E-state index is -0.998. The molecular formula is C29H31ClN6O2. The number of hydrogen-bond acceptors (Lipinski definition) is 6. The third kappa shape index (κ3) is 4.17. The molecule has 1 unspecified atom stereocenters. The van der Waals surface area contributed by atoms with Crippen LogP contribution in [0.2, 0.25) is 5.02 Å². The van der Waals surface area contributed by atoms with Gasteiger partial charge in [-0.15, -0.1) is 5.10 Å². The summed E-state index contributed by atoms with van der Waals surface area (Å²) < 4.78 is 9.86. The van der Waals surface area contributed by atoms with Gasteiger partial charge in [-0.1, -0.05) is 28.9 Å². The number of aromatic nitrogens is 6. The summed E-state index contributed by atoms with van der Waals surface area (Å²) in [7, 11) is 1.89. The van der Waals surface area contributed by atoms with Crippen LogP contribution in [0.15, 0.2) is 48.8 Å². The van der Waals surface area contributed by atoms with E-state index >= 15 is 0 Å². The summed E-state index contributed by atoms with van der Waals surface area (Å²) >= 11 is 6.83. The third-order valence-corrected chi connectivity index (χ3v) is 7.99. The fourth-order valence-corrected chi connectivity index (χ4v) is 6.01. The van der Waals surface area contributed by atoms with Crippen LogP contribution in [0.1, 0.15) is 49.7 Å². The lowest BCUT2D eigenvalue weighted by atomic mass is 9.88. The number of halogens is 1. The quantitative estimate of drug-likeness (QED) is 0.319. The van der Waals surface area contributed by atoms with Crippen LogP contribution in [0.3, 0.4) is 0 Å². The highest BCUT2D eigenvalue weighted by molar-refractivity contribution is 6.31. The first-order valence-electron chi connectivity index (χ1n) is 13.0. The van der Waals surface area contributed by atoms with Crippen LogP contribution in [0.4, 0.5) is 0 Å². The average molecular weight is 531 g/mol. The Bertz CT molecular complexity index is 1630. The van der Waals surface area contributed by atoms with Crippen molar-refractivity contribution in [1.82, 2.24) is 29.5 Å². The smallest absolute Gasteiger partial charge is 0.0960 e.